The molecular weight excluding hydrogens is 324 g/mol. The number of anilines is 3. The number of fused-ring (bicyclic) bond motifs is 1. The van der Waals surface area contributed by atoms with E-state index in [0.29, 0.717) is 5.69 Å². The number of nitrogens with zero attached hydrogens (tertiary/aromatic N) is 2. The number of rotatable bonds is 3. The van der Waals surface area contributed by atoms with Crippen LogP contribution in [-0.4, -0.2) is 24.1 Å². The molecule has 2 amide bonds. The molecule has 0 spiro atoms. The van der Waals surface area contributed by atoms with E-state index in [2.05, 4.69) is 26.6 Å². The summed E-state index contributed by atoms with van der Waals surface area (Å²) in [4.78, 5) is 19.2. The molecular formula is C21H22N4O. The Hall–Kier alpha value is -3.08. The topological polar surface area (TPSA) is 57.3 Å². The Labute approximate surface area is 153 Å². The van der Waals surface area contributed by atoms with Gasteiger partial charge in [-0.3, -0.25) is 4.98 Å². The second-order valence-electron chi connectivity index (χ2n) is 6.56. The van der Waals surface area contributed by atoms with Crippen molar-refractivity contribution in [2.75, 3.05) is 28.6 Å². The molecule has 0 radical (unpaired) electrons. The molecule has 2 N–H and O–H groups in total. The summed E-state index contributed by atoms with van der Waals surface area (Å²) in [6, 6.07) is 17.4. The predicted octanol–water partition coefficient (Wildman–Crippen LogP) is 4.87. The van der Waals surface area contributed by atoms with Gasteiger partial charge < -0.3 is 15.5 Å². The Morgan fingerprint density at radius 3 is 2.62 bits per heavy atom. The number of urea groups is 1. The third-order valence-corrected chi connectivity index (χ3v) is 4.71. The smallest absolute Gasteiger partial charge is 0.323 e. The highest BCUT2D eigenvalue weighted by molar-refractivity contribution is 6.05. The quantitative estimate of drug-likeness (QED) is 0.711. The van der Waals surface area contributed by atoms with Crippen molar-refractivity contribution in [3.63, 3.8) is 0 Å². The lowest BCUT2D eigenvalue weighted by molar-refractivity contribution is 0.262. The van der Waals surface area contributed by atoms with Crippen LogP contribution >= 0.6 is 0 Å². The summed E-state index contributed by atoms with van der Waals surface area (Å²) in [5.74, 6) is 0. The number of carbonyl (C=O) groups excluding carboxylic acids is 1. The minimum Gasteiger partial charge on any atom is -0.371 e. The van der Waals surface area contributed by atoms with Crippen LogP contribution in [0.2, 0.25) is 0 Å². The van der Waals surface area contributed by atoms with Crippen molar-refractivity contribution in [3.05, 3.63) is 60.8 Å². The van der Waals surface area contributed by atoms with Gasteiger partial charge in [-0.2, -0.15) is 0 Å². The molecule has 0 atom stereocenters. The molecule has 1 saturated heterocycles. The van der Waals surface area contributed by atoms with Crippen LogP contribution in [0.5, 0.6) is 0 Å². The third kappa shape index (κ3) is 3.61. The zero-order chi connectivity index (χ0) is 17.8. The monoisotopic (exact) mass is 346 g/mol. The first-order chi connectivity index (χ1) is 12.8. The van der Waals surface area contributed by atoms with Crippen LogP contribution < -0.4 is 15.5 Å². The van der Waals surface area contributed by atoms with E-state index < -0.39 is 0 Å². The highest BCUT2D eigenvalue weighted by Crippen LogP contribution is 2.24. The van der Waals surface area contributed by atoms with E-state index in [1.54, 1.807) is 6.20 Å². The Kier molecular flexibility index (Phi) is 4.69. The first-order valence-corrected chi connectivity index (χ1v) is 9.06. The van der Waals surface area contributed by atoms with Gasteiger partial charge in [-0.15, -0.1) is 0 Å². The number of aromatic nitrogens is 1. The molecule has 3 aromatic rings. The standard InChI is InChI=1S/C21H22N4O/c26-21(24-19-11-4-7-16-8-6-12-22-20(16)19)23-17-9-5-10-18(15-17)25-13-2-1-3-14-25/h4-12,15H,1-3,13-14H2,(H2,23,24,26). The van der Waals surface area contributed by atoms with E-state index in [1.807, 2.05) is 48.5 Å². The Bertz CT molecular complexity index is 913. The molecule has 0 bridgehead atoms. The lowest BCUT2D eigenvalue weighted by Gasteiger charge is -2.29. The maximum absolute atomic E-state index is 12.4. The summed E-state index contributed by atoms with van der Waals surface area (Å²) in [6.07, 6.45) is 5.49. The average Bonchev–Trinajstić information content (AvgIpc) is 2.69. The minimum atomic E-state index is -0.265. The summed E-state index contributed by atoms with van der Waals surface area (Å²) in [6.45, 7) is 2.16. The molecule has 1 aliphatic rings. The molecule has 4 rings (SSSR count). The van der Waals surface area contributed by atoms with Crippen LogP contribution in [0.25, 0.3) is 10.9 Å². The van der Waals surface area contributed by atoms with E-state index in [9.17, 15) is 4.79 Å². The number of hydrogen-bond acceptors (Lipinski definition) is 3. The fraction of sp³-hybridized carbons (Fsp3) is 0.238. The van der Waals surface area contributed by atoms with E-state index in [-0.39, 0.29) is 6.03 Å². The summed E-state index contributed by atoms with van der Waals surface area (Å²) in [5.41, 5.74) is 3.44. The number of benzene rings is 2. The lowest BCUT2D eigenvalue weighted by Crippen LogP contribution is -2.29. The van der Waals surface area contributed by atoms with Gasteiger partial charge in [0.15, 0.2) is 0 Å². The number of pyridine rings is 1. The second kappa shape index (κ2) is 7.44. The zero-order valence-electron chi connectivity index (χ0n) is 14.6. The Morgan fingerprint density at radius 1 is 0.923 bits per heavy atom. The highest BCUT2D eigenvalue weighted by Gasteiger charge is 2.12. The van der Waals surface area contributed by atoms with E-state index in [1.165, 1.54) is 19.3 Å². The fourth-order valence-corrected chi connectivity index (χ4v) is 3.42. The van der Waals surface area contributed by atoms with Gasteiger partial charge in [0.25, 0.3) is 0 Å². The molecule has 5 heteroatoms. The van der Waals surface area contributed by atoms with E-state index >= 15 is 0 Å². The maximum atomic E-state index is 12.4. The summed E-state index contributed by atoms with van der Waals surface area (Å²) < 4.78 is 0. The normalized spacial score (nSPS) is 14.2. The van der Waals surface area contributed by atoms with E-state index in [4.69, 9.17) is 0 Å². The van der Waals surface area contributed by atoms with Gasteiger partial charge in [0.2, 0.25) is 0 Å². The van der Waals surface area contributed by atoms with Crippen molar-refractivity contribution < 1.29 is 4.79 Å². The van der Waals surface area contributed by atoms with Crippen molar-refractivity contribution in [2.45, 2.75) is 19.3 Å². The summed E-state index contributed by atoms with van der Waals surface area (Å²) in [7, 11) is 0. The molecule has 5 nitrogen and oxygen atoms in total. The van der Waals surface area contributed by atoms with Crippen LogP contribution in [-0.2, 0) is 0 Å². The second-order valence-corrected chi connectivity index (χ2v) is 6.56. The van der Waals surface area contributed by atoms with Crippen LogP contribution in [0.1, 0.15) is 19.3 Å². The number of para-hydroxylation sites is 1. The molecule has 2 aromatic carbocycles. The zero-order valence-corrected chi connectivity index (χ0v) is 14.6. The maximum Gasteiger partial charge on any atom is 0.323 e. The molecule has 132 valence electrons. The van der Waals surface area contributed by atoms with Gasteiger partial charge in [0, 0.05) is 36.0 Å². The molecule has 0 saturated carbocycles. The minimum absolute atomic E-state index is 0.265. The molecule has 1 aliphatic heterocycles. The van der Waals surface area contributed by atoms with Crippen molar-refractivity contribution in [3.8, 4) is 0 Å². The van der Waals surface area contributed by atoms with Crippen molar-refractivity contribution in [2.24, 2.45) is 0 Å². The van der Waals surface area contributed by atoms with Gasteiger partial charge in [0.1, 0.15) is 0 Å². The first-order valence-electron chi connectivity index (χ1n) is 9.06. The number of amides is 2. The molecule has 26 heavy (non-hydrogen) atoms. The Morgan fingerprint density at radius 2 is 1.73 bits per heavy atom. The number of carbonyl (C=O) groups is 1. The van der Waals surface area contributed by atoms with Gasteiger partial charge in [-0.05, 0) is 49.6 Å². The number of nitrogens with one attached hydrogen (secondary N) is 2. The molecule has 0 aliphatic carbocycles. The fourth-order valence-electron chi connectivity index (χ4n) is 3.42. The Balaban J connectivity index is 1.48. The van der Waals surface area contributed by atoms with Gasteiger partial charge in [-0.1, -0.05) is 24.3 Å². The largest absolute Gasteiger partial charge is 0.371 e. The number of piperidine rings is 1. The lowest BCUT2D eigenvalue weighted by atomic mass is 10.1. The molecule has 1 fully saturated rings. The first kappa shape index (κ1) is 16.4. The van der Waals surface area contributed by atoms with Crippen LogP contribution in [0.3, 0.4) is 0 Å². The summed E-state index contributed by atoms with van der Waals surface area (Å²) >= 11 is 0. The van der Waals surface area contributed by atoms with Crippen LogP contribution in [0.4, 0.5) is 21.9 Å². The molecule has 1 aromatic heterocycles. The van der Waals surface area contributed by atoms with E-state index in [0.717, 1.165) is 35.4 Å². The van der Waals surface area contributed by atoms with Crippen molar-refractivity contribution >= 4 is 34.0 Å². The average molecular weight is 346 g/mol. The predicted molar refractivity (Wildman–Crippen MR) is 107 cm³/mol. The highest BCUT2D eigenvalue weighted by atomic mass is 16.2. The SMILES string of the molecule is O=C(Nc1cccc(N2CCCCC2)c1)Nc1cccc2cccnc12. The molecule has 2 heterocycles. The van der Waals surface area contributed by atoms with Crippen LogP contribution in [0, 0.1) is 0 Å². The van der Waals surface area contributed by atoms with Gasteiger partial charge in [-0.25, -0.2) is 4.79 Å². The number of hydrogen-bond donors (Lipinski definition) is 2. The van der Waals surface area contributed by atoms with Crippen molar-refractivity contribution in [1.82, 2.24) is 4.98 Å². The summed E-state index contributed by atoms with van der Waals surface area (Å²) in [5, 5.41) is 6.83. The van der Waals surface area contributed by atoms with Gasteiger partial charge >= 0.3 is 6.03 Å². The van der Waals surface area contributed by atoms with Crippen LogP contribution in [0.15, 0.2) is 60.8 Å². The van der Waals surface area contributed by atoms with Crippen molar-refractivity contribution in [1.29, 1.82) is 0 Å². The van der Waals surface area contributed by atoms with Gasteiger partial charge in [0.05, 0.1) is 11.2 Å². The third-order valence-electron chi connectivity index (χ3n) is 4.71. The molecule has 0 unspecified atom stereocenters.